The largest absolute Gasteiger partial charge is 0.329 e. The Morgan fingerprint density at radius 3 is 2.83 bits per heavy atom. The molecule has 0 aliphatic carbocycles. The summed E-state index contributed by atoms with van der Waals surface area (Å²) in [5.41, 5.74) is 7.02. The fourth-order valence-electron chi connectivity index (χ4n) is 1.98. The fraction of sp³-hybridized carbons (Fsp3) is 0.417. The summed E-state index contributed by atoms with van der Waals surface area (Å²) in [6.07, 6.45) is 3.88. The number of aryl methyl sites for hydroxylation is 1. The zero-order valence-electron chi connectivity index (χ0n) is 10.5. The van der Waals surface area contributed by atoms with Crippen molar-refractivity contribution in [2.75, 3.05) is 13.6 Å². The monoisotopic (exact) mass is 284 g/mol. The van der Waals surface area contributed by atoms with Crippen LogP contribution in [-0.4, -0.2) is 28.3 Å². The molecule has 0 aliphatic heterocycles. The molecule has 2 aromatic heterocycles. The molecule has 0 saturated carbocycles. The third-order valence-electron chi connectivity index (χ3n) is 2.90. The van der Waals surface area contributed by atoms with E-state index in [2.05, 4.69) is 23.1 Å². The van der Waals surface area contributed by atoms with Crippen LogP contribution in [-0.2, 0) is 13.6 Å². The highest BCUT2D eigenvalue weighted by Crippen LogP contribution is 2.25. The van der Waals surface area contributed by atoms with Gasteiger partial charge in [0, 0.05) is 36.8 Å². The molecule has 4 nitrogen and oxygen atoms in total. The van der Waals surface area contributed by atoms with Crippen LogP contribution in [0, 0.1) is 0 Å². The fourth-order valence-corrected chi connectivity index (χ4v) is 3.13. The number of rotatable bonds is 5. The quantitative estimate of drug-likeness (QED) is 0.916. The third kappa shape index (κ3) is 3.11. The van der Waals surface area contributed by atoms with Gasteiger partial charge in [-0.25, -0.2) is 0 Å². The van der Waals surface area contributed by atoms with Crippen LogP contribution < -0.4 is 5.73 Å². The number of halogens is 1. The molecule has 0 bridgehead atoms. The molecule has 0 radical (unpaired) electrons. The van der Waals surface area contributed by atoms with Crippen LogP contribution >= 0.6 is 22.9 Å². The van der Waals surface area contributed by atoms with Crippen molar-refractivity contribution in [3.8, 4) is 0 Å². The summed E-state index contributed by atoms with van der Waals surface area (Å²) in [5.74, 6) is 0. The van der Waals surface area contributed by atoms with Gasteiger partial charge in [-0.05, 0) is 19.2 Å². The van der Waals surface area contributed by atoms with Crippen LogP contribution in [0.5, 0.6) is 0 Å². The molecule has 2 N–H and O–H groups in total. The second kappa shape index (κ2) is 5.84. The molecule has 0 fully saturated rings. The van der Waals surface area contributed by atoms with Crippen LogP contribution in [0.15, 0.2) is 24.5 Å². The Balaban J connectivity index is 2.08. The van der Waals surface area contributed by atoms with Gasteiger partial charge in [0.05, 0.1) is 16.6 Å². The minimum atomic E-state index is 0.180. The molecule has 2 heterocycles. The summed E-state index contributed by atoms with van der Waals surface area (Å²) in [4.78, 5) is 3.46. The Bertz CT molecular complexity index is 508. The van der Waals surface area contributed by atoms with Crippen LogP contribution in [0.3, 0.4) is 0 Å². The Labute approximate surface area is 116 Å². The lowest BCUT2D eigenvalue weighted by molar-refractivity contribution is 0.244. The number of thiophene rings is 1. The standard InChI is InChI=1S/C12H17ClN4S/c1-16(8-10-3-4-12(13)18-10)11(5-14)9-6-15-17(2)7-9/h3-4,6-7,11H,5,8,14H2,1-2H3. The first-order valence-electron chi connectivity index (χ1n) is 5.73. The van der Waals surface area contributed by atoms with Crippen molar-refractivity contribution in [2.24, 2.45) is 12.8 Å². The summed E-state index contributed by atoms with van der Waals surface area (Å²) in [6, 6.07) is 4.16. The summed E-state index contributed by atoms with van der Waals surface area (Å²) in [7, 11) is 3.98. The van der Waals surface area contributed by atoms with Gasteiger partial charge in [0.15, 0.2) is 0 Å². The number of hydrogen-bond acceptors (Lipinski definition) is 4. The Morgan fingerprint density at radius 1 is 1.56 bits per heavy atom. The van der Waals surface area contributed by atoms with Gasteiger partial charge in [-0.1, -0.05) is 11.6 Å². The number of nitrogens with zero attached hydrogens (tertiary/aromatic N) is 3. The highest BCUT2D eigenvalue weighted by atomic mass is 35.5. The normalized spacial score (nSPS) is 13.2. The highest BCUT2D eigenvalue weighted by Gasteiger charge is 2.17. The molecule has 2 aromatic rings. The van der Waals surface area contributed by atoms with E-state index in [1.54, 1.807) is 16.0 Å². The zero-order chi connectivity index (χ0) is 13.1. The van der Waals surface area contributed by atoms with Crippen molar-refractivity contribution in [1.29, 1.82) is 0 Å². The maximum atomic E-state index is 5.94. The molecular formula is C12H17ClN4S. The lowest BCUT2D eigenvalue weighted by Crippen LogP contribution is -2.29. The molecule has 0 amide bonds. The summed E-state index contributed by atoms with van der Waals surface area (Å²) in [5, 5.41) is 4.19. The number of nitrogens with two attached hydrogens (primary N) is 1. The van der Waals surface area contributed by atoms with E-state index < -0.39 is 0 Å². The topological polar surface area (TPSA) is 47.1 Å². The third-order valence-corrected chi connectivity index (χ3v) is 4.11. The zero-order valence-corrected chi connectivity index (χ0v) is 12.1. The van der Waals surface area contributed by atoms with Crippen LogP contribution in [0.1, 0.15) is 16.5 Å². The summed E-state index contributed by atoms with van der Waals surface area (Å²) < 4.78 is 2.62. The van der Waals surface area contributed by atoms with E-state index in [0.717, 1.165) is 16.4 Å². The molecule has 2 rings (SSSR count). The van der Waals surface area contributed by atoms with Gasteiger partial charge in [0.25, 0.3) is 0 Å². The SMILES string of the molecule is CN(Cc1ccc(Cl)s1)C(CN)c1cnn(C)c1. The van der Waals surface area contributed by atoms with Crippen LogP contribution in [0.4, 0.5) is 0 Å². The van der Waals surface area contributed by atoms with Crippen molar-refractivity contribution in [2.45, 2.75) is 12.6 Å². The average Bonchev–Trinajstić information content (AvgIpc) is 2.89. The first-order chi connectivity index (χ1) is 8.60. The number of aromatic nitrogens is 2. The maximum absolute atomic E-state index is 5.94. The van der Waals surface area contributed by atoms with Crippen molar-refractivity contribution in [3.63, 3.8) is 0 Å². The van der Waals surface area contributed by atoms with Crippen LogP contribution in [0.25, 0.3) is 0 Å². The van der Waals surface area contributed by atoms with Gasteiger partial charge < -0.3 is 5.73 Å². The van der Waals surface area contributed by atoms with E-state index in [0.29, 0.717) is 6.54 Å². The van der Waals surface area contributed by atoms with Crippen molar-refractivity contribution in [1.82, 2.24) is 14.7 Å². The maximum Gasteiger partial charge on any atom is 0.0931 e. The van der Waals surface area contributed by atoms with Gasteiger partial charge in [-0.2, -0.15) is 5.10 Å². The smallest absolute Gasteiger partial charge is 0.0931 e. The molecular weight excluding hydrogens is 268 g/mol. The molecule has 18 heavy (non-hydrogen) atoms. The molecule has 6 heteroatoms. The van der Waals surface area contributed by atoms with Gasteiger partial charge in [-0.15, -0.1) is 11.3 Å². The second-order valence-corrected chi connectivity index (χ2v) is 6.12. The lowest BCUT2D eigenvalue weighted by atomic mass is 10.1. The first-order valence-corrected chi connectivity index (χ1v) is 6.92. The van der Waals surface area contributed by atoms with Gasteiger partial charge in [-0.3, -0.25) is 9.58 Å². The van der Waals surface area contributed by atoms with Crippen LogP contribution in [0.2, 0.25) is 4.34 Å². The van der Waals surface area contributed by atoms with E-state index in [9.17, 15) is 0 Å². The molecule has 0 spiro atoms. The van der Waals surface area contributed by atoms with E-state index in [1.807, 2.05) is 25.5 Å². The molecule has 0 aromatic carbocycles. The minimum absolute atomic E-state index is 0.180. The van der Waals surface area contributed by atoms with Gasteiger partial charge >= 0.3 is 0 Å². The van der Waals surface area contributed by atoms with Crippen molar-refractivity contribution >= 4 is 22.9 Å². The molecule has 1 atom stereocenters. The molecule has 0 aliphatic rings. The van der Waals surface area contributed by atoms with Gasteiger partial charge in [0.2, 0.25) is 0 Å². The van der Waals surface area contributed by atoms with Crippen molar-refractivity contribution < 1.29 is 0 Å². The molecule has 0 saturated heterocycles. The molecule has 1 unspecified atom stereocenters. The predicted molar refractivity (Wildman–Crippen MR) is 75.8 cm³/mol. The van der Waals surface area contributed by atoms with E-state index in [1.165, 1.54) is 4.88 Å². The lowest BCUT2D eigenvalue weighted by Gasteiger charge is -2.25. The minimum Gasteiger partial charge on any atom is -0.329 e. The van der Waals surface area contributed by atoms with Crippen molar-refractivity contribution in [3.05, 3.63) is 39.3 Å². The van der Waals surface area contributed by atoms with E-state index in [-0.39, 0.29) is 6.04 Å². The average molecular weight is 285 g/mol. The number of likely N-dealkylation sites (N-methyl/N-ethyl adjacent to an activating group) is 1. The Kier molecular flexibility index (Phi) is 4.40. The van der Waals surface area contributed by atoms with E-state index in [4.69, 9.17) is 17.3 Å². The highest BCUT2D eigenvalue weighted by molar-refractivity contribution is 7.16. The first kappa shape index (κ1) is 13.5. The number of hydrogen-bond donors (Lipinski definition) is 1. The summed E-state index contributed by atoms with van der Waals surface area (Å²) >= 11 is 7.55. The van der Waals surface area contributed by atoms with Gasteiger partial charge in [0.1, 0.15) is 0 Å². The Morgan fingerprint density at radius 2 is 2.33 bits per heavy atom. The summed E-state index contributed by atoms with van der Waals surface area (Å²) in [6.45, 7) is 1.41. The Hall–Kier alpha value is -0.880. The molecule has 98 valence electrons. The predicted octanol–water partition coefficient (Wildman–Crippen LogP) is 2.27. The second-order valence-electron chi connectivity index (χ2n) is 4.32. The van der Waals surface area contributed by atoms with E-state index >= 15 is 0 Å².